The molecule has 0 amide bonds. The first-order valence-corrected chi connectivity index (χ1v) is 4.19. The van der Waals surface area contributed by atoms with Crippen LogP contribution in [-0.2, 0) is 0 Å². The van der Waals surface area contributed by atoms with Gasteiger partial charge in [0, 0.05) is 0 Å². The van der Waals surface area contributed by atoms with E-state index in [0.29, 0.717) is 5.56 Å². The van der Waals surface area contributed by atoms with Crippen LogP contribution in [-0.4, -0.2) is 0 Å². The molecule has 0 aliphatic rings. The fourth-order valence-corrected chi connectivity index (χ4v) is 1.33. The second-order valence-corrected chi connectivity index (χ2v) is 2.89. The summed E-state index contributed by atoms with van der Waals surface area (Å²) >= 11 is 0. The van der Waals surface area contributed by atoms with Crippen LogP contribution in [0, 0.1) is 17.7 Å². The minimum atomic E-state index is -0.545. The maximum Gasteiger partial charge on any atom is 0.133 e. The first-order valence-electron chi connectivity index (χ1n) is 4.19. The highest BCUT2D eigenvalue weighted by Crippen LogP contribution is 2.24. The Hall–Kier alpha value is -1.70. The Morgan fingerprint density at radius 3 is 2.00 bits per heavy atom. The Morgan fingerprint density at radius 2 is 1.43 bits per heavy atom. The van der Waals surface area contributed by atoms with E-state index in [4.69, 9.17) is 0 Å². The molecule has 0 saturated heterocycles. The van der Waals surface area contributed by atoms with E-state index < -0.39 is 11.6 Å². The third-order valence-corrected chi connectivity index (χ3v) is 1.97. The zero-order valence-electron chi connectivity index (χ0n) is 7.30. The molecule has 0 saturated carbocycles. The van der Waals surface area contributed by atoms with Crippen LogP contribution >= 0.6 is 0 Å². The Morgan fingerprint density at radius 1 is 0.857 bits per heavy atom. The Labute approximate surface area is 80.8 Å². The average molecular weight is 189 g/mol. The van der Waals surface area contributed by atoms with Crippen molar-refractivity contribution in [3.63, 3.8) is 0 Å². The largest absolute Gasteiger partial charge is 0.206 e. The summed E-state index contributed by atoms with van der Waals surface area (Å²) in [7, 11) is 0. The molecule has 0 bridgehead atoms. The molecule has 0 atom stereocenters. The van der Waals surface area contributed by atoms with E-state index in [1.165, 1.54) is 18.2 Å². The van der Waals surface area contributed by atoms with Crippen molar-refractivity contribution >= 4 is 0 Å². The van der Waals surface area contributed by atoms with Gasteiger partial charge in [0.25, 0.3) is 0 Å². The van der Waals surface area contributed by atoms with Crippen molar-refractivity contribution in [1.82, 2.24) is 0 Å². The Bertz CT molecular complexity index is 415. The van der Waals surface area contributed by atoms with E-state index in [2.05, 4.69) is 6.07 Å². The van der Waals surface area contributed by atoms with E-state index in [9.17, 15) is 8.78 Å². The molecule has 0 aromatic heterocycles. The molecule has 0 spiro atoms. The van der Waals surface area contributed by atoms with E-state index >= 15 is 0 Å². The Balaban J connectivity index is 2.63. The summed E-state index contributed by atoms with van der Waals surface area (Å²) in [6.07, 6.45) is 0. The SMILES string of the molecule is Fc1cccc(F)c1-c1cc[c]cc1. The zero-order chi connectivity index (χ0) is 9.97. The van der Waals surface area contributed by atoms with Gasteiger partial charge in [-0.25, -0.2) is 8.78 Å². The highest BCUT2D eigenvalue weighted by Gasteiger charge is 2.09. The van der Waals surface area contributed by atoms with Crippen LogP contribution in [0.5, 0.6) is 0 Å². The third-order valence-electron chi connectivity index (χ3n) is 1.97. The van der Waals surface area contributed by atoms with Crippen molar-refractivity contribution in [3.8, 4) is 11.1 Å². The minimum absolute atomic E-state index is 0.0153. The average Bonchev–Trinajstić information content (AvgIpc) is 2.19. The predicted molar refractivity (Wildman–Crippen MR) is 50.6 cm³/mol. The van der Waals surface area contributed by atoms with Gasteiger partial charge in [-0.2, -0.15) is 0 Å². The van der Waals surface area contributed by atoms with Crippen LogP contribution in [0.15, 0.2) is 42.5 Å². The number of rotatable bonds is 1. The van der Waals surface area contributed by atoms with Gasteiger partial charge in [-0.3, -0.25) is 0 Å². The maximum atomic E-state index is 13.3. The van der Waals surface area contributed by atoms with Crippen molar-refractivity contribution in [2.75, 3.05) is 0 Å². The van der Waals surface area contributed by atoms with Crippen molar-refractivity contribution in [1.29, 1.82) is 0 Å². The van der Waals surface area contributed by atoms with Gasteiger partial charge in [0.05, 0.1) is 5.56 Å². The summed E-state index contributed by atoms with van der Waals surface area (Å²) in [4.78, 5) is 0. The van der Waals surface area contributed by atoms with E-state index in [0.717, 1.165) is 0 Å². The molecule has 0 aliphatic heterocycles. The topological polar surface area (TPSA) is 0 Å². The molecule has 69 valence electrons. The van der Waals surface area contributed by atoms with Crippen molar-refractivity contribution in [2.24, 2.45) is 0 Å². The lowest BCUT2D eigenvalue weighted by molar-refractivity contribution is 0.589. The molecule has 2 aromatic rings. The fraction of sp³-hybridized carbons (Fsp3) is 0. The summed E-state index contributed by atoms with van der Waals surface area (Å²) in [5.74, 6) is -1.09. The van der Waals surface area contributed by atoms with Gasteiger partial charge < -0.3 is 0 Å². The molecule has 0 N–H and O–H groups in total. The minimum Gasteiger partial charge on any atom is -0.206 e. The van der Waals surface area contributed by atoms with Gasteiger partial charge in [-0.15, -0.1) is 0 Å². The van der Waals surface area contributed by atoms with E-state index in [1.54, 1.807) is 24.3 Å². The number of hydrogen-bond donors (Lipinski definition) is 0. The van der Waals surface area contributed by atoms with Gasteiger partial charge >= 0.3 is 0 Å². The highest BCUT2D eigenvalue weighted by atomic mass is 19.1. The van der Waals surface area contributed by atoms with Crippen LogP contribution in [0.4, 0.5) is 8.78 Å². The van der Waals surface area contributed by atoms with E-state index in [1.807, 2.05) is 0 Å². The van der Waals surface area contributed by atoms with Crippen LogP contribution in [0.3, 0.4) is 0 Å². The van der Waals surface area contributed by atoms with Gasteiger partial charge in [-0.1, -0.05) is 30.3 Å². The van der Waals surface area contributed by atoms with Crippen LogP contribution in [0.1, 0.15) is 0 Å². The van der Waals surface area contributed by atoms with Crippen LogP contribution in [0.25, 0.3) is 11.1 Å². The summed E-state index contributed by atoms with van der Waals surface area (Å²) < 4.78 is 26.6. The molecule has 0 aliphatic carbocycles. The lowest BCUT2D eigenvalue weighted by Crippen LogP contribution is -1.88. The Kier molecular flexibility index (Phi) is 2.27. The van der Waals surface area contributed by atoms with Gasteiger partial charge in [0.15, 0.2) is 0 Å². The monoisotopic (exact) mass is 189 g/mol. The molecular formula is C12H7F2. The molecule has 0 heterocycles. The molecule has 0 unspecified atom stereocenters. The first-order chi connectivity index (χ1) is 6.79. The third kappa shape index (κ3) is 1.51. The molecule has 1 radical (unpaired) electrons. The van der Waals surface area contributed by atoms with Crippen molar-refractivity contribution in [3.05, 3.63) is 60.2 Å². The smallest absolute Gasteiger partial charge is 0.133 e. The number of hydrogen-bond acceptors (Lipinski definition) is 0. The molecule has 0 fully saturated rings. The lowest BCUT2D eigenvalue weighted by Gasteiger charge is -2.03. The molecule has 2 heteroatoms. The molecular weight excluding hydrogens is 182 g/mol. The summed E-state index contributed by atoms with van der Waals surface area (Å²) in [5, 5.41) is 0. The summed E-state index contributed by atoms with van der Waals surface area (Å²) in [6.45, 7) is 0. The zero-order valence-corrected chi connectivity index (χ0v) is 7.30. The number of halogens is 2. The summed E-state index contributed by atoms with van der Waals surface area (Å²) in [6, 6.07) is 13.1. The van der Waals surface area contributed by atoms with Gasteiger partial charge in [0.2, 0.25) is 0 Å². The first kappa shape index (κ1) is 8.88. The van der Waals surface area contributed by atoms with Crippen LogP contribution in [0.2, 0.25) is 0 Å². The van der Waals surface area contributed by atoms with Crippen molar-refractivity contribution in [2.45, 2.75) is 0 Å². The number of benzene rings is 2. The molecule has 0 nitrogen and oxygen atoms in total. The normalized spacial score (nSPS) is 10.1. The summed E-state index contributed by atoms with van der Waals surface area (Å²) in [5.41, 5.74) is 0.542. The second kappa shape index (κ2) is 3.58. The standard InChI is InChI=1S/C12H7F2/c13-10-7-4-8-11(14)12(10)9-5-2-1-3-6-9/h2-8H. The highest BCUT2D eigenvalue weighted by molar-refractivity contribution is 5.64. The van der Waals surface area contributed by atoms with Crippen LogP contribution < -0.4 is 0 Å². The molecule has 2 rings (SSSR count). The molecule has 14 heavy (non-hydrogen) atoms. The van der Waals surface area contributed by atoms with E-state index in [-0.39, 0.29) is 5.56 Å². The predicted octanol–water partition coefficient (Wildman–Crippen LogP) is 3.43. The molecule has 2 aromatic carbocycles. The van der Waals surface area contributed by atoms with Gasteiger partial charge in [-0.05, 0) is 23.8 Å². The lowest BCUT2D eigenvalue weighted by atomic mass is 10.0. The second-order valence-electron chi connectivity index (χ2n) is 2.89. The fourth-order valence-electron chi connectivity index (χ4n) is 1.33. The maximum absolute atomic E-state index is 13.3. The van der Waals surface area contributed by atoms with Gasteiger partial charge in [0.1, 0.15) is 11.6 Å². The van der Waals surface area contributed by atoms with Crippen molar-refractivity contribution < 1.29 is 8.78 Å². The quantitative estimate of drug-likeness (QED) is 0.644.